The van der Waals surface area contributed by atoms with E-state index in [1.807, 2.05) is 19.1 Å². The zero-order valence-electron chi connectivity index (χ0n) is 14.8. The minimum atomic E-state index is -0.478. The summed E-state index contributed by atoms with van der Waals surface area (Å²) in [5.74, 6) is 0.377. The Hall–Kier alpha value is -2.03. The molecular formula is C17H23ClN6O2. The third kappa shape index (κ3) is 4.78. The van der Waals surface area contributed by atoms with Crippen LogP contribution in [0.25, 0.3) is 11.4 Å². The molecule has 9 heteroatoms. The third-order valence-corrected chi connectivity index (χ3v) is 4.58. The van der Waals surface area contributed by atoms with Crippen molar-refractivity contribution in [1.82, 2.24) is 30.4 Å². The SMILES string of the molecule is CCC(C(=O)NCCN1CCOCC1)n1nnc(-c2ccc(Cl)cc2)n1. The Morgan fingerprint density at radius 2 is 2.04 bits per heavy atom. The Balaban J connectivity index is 1.57. The van der Waals surface area contributed by atoms with Gasteiger partial charge in [-0.15, -0.1) is 10.2 Å². The highest BCUT2D eigenvalue weighted by Gasteiger charge is 2.22. The van der Waals surface area contributed by atoms with Gasteiger partial charge in [-0.3, -0.25) is 9.69 Å². The average molecular weight is 379 g/mol. The van der Waals surface area contributed by atoms with Gasteiger partial charge in [0.25, 0.3) is 0 Å². The number of aromatic nitrogens is 4. The van der Waals surface area contributed by atoms with Crippen molar-refractivity contribution in [2.75, 3.05) is 39.4 Å². The smallest absolute Gasteiger partial charge is 0.246 e. The maximum Gasteiger partial charge on any atom is 0.246 e. The second kappa shape index (κ2) is 9.07. The average Bonchev–Trinajstić information content (AvgIpc) is 3.13. The summed E-state index contributed by atoms with van der Waals surface area (Å²) in [6.45, 7) is 6.64. The number of halogens is 1. The van der Waals surface area contributed by atoms with Crippen LogP contribution in [0.2, 0.25) is 5.02 Å². The molecule has 8 nitrogen and oxygen atoms in total. The summed E-state index contributed by atoms with van der Waals surface area (Å²) < 4.78 is 5.32. The van der Waals surface area contributed by atoms with E-state index in [1.54, 1.807) is 12.1 Å². The van der Waals surface area contributed by atoms with Gasteiger partial charge < -0.3 is 10.1 Å². The van der Waals surface area contributed by atoms with E-state index in [-0.39, 0.29) is 5.91 Å². The van der Waals surface area contributed by atoms with Crippen LogP contribution in [0, 0.1) is 0 Å². The first-order chi connectivity index (χ1) is 12.7. The number of benzene rings is 1. The van der Waals surface area contributed by atoms with Crippen LogP contribution >= 0.6 is 11.6 Å². The van der Waals surface area contributed by atoms with E-state index in [9.17, 15) is 4.79 Å². The van der Waals surface area contributed by atoms with Gasteiger partial charge in [-0.1, -0.05) is 18.5 Å². The predicted octanol–water partition coefficient (Wildman–Crippen LogP) is 1.39. The lowest BCUT2D eigenvalue weighted by Crippen LogP contribution is -2.42. The number of morpholine rings is 1. The van der Waals surface area contributed by atoms with Gasteiger partial charge in [-0.05, 0) is 35.9 Å². The fourth-order valence-electron chi connectivity index (χ4n) is 2.81. The third-order valence-electron chi connectivity index (χ3n) is 4.33. The van der Waals surface area contributed by atoms with E-state index < -0.39 is 6.04 Å². The Morgan fingerprint density at radius 1 is 1.31 bits per heavy atom. The molecule has 1 amide bonds. The van der Waals surface area contributed by atoms with Crippen molar-refractivity contribution >= 4 is 17.5 Å². The number of carbonyl (C=O) groups is 1. The van der Waals surface area contributed by atoms with Crippen LogP contribution in [0.5, 0.6) is 0 Å². The van der Waals surface area contributed by atoms with Gasteiger partial charge in [0.1, 0.15) is 0 Å². The summed E-state index contributed by atoms with van der Waals surface area (Å²) in [7, 11) is 0. The topological polar surface area (TPSA) is 85.2 Å². The van der Waals surface area contributed by atoms with Crippen LogP contribution in [0.4, 0.5) is 0 Å². The summed E-state index contributed by atoms with van der Waals surface area (Å²) in [6.07, 6.45) is 0.583. The Labute approximate surface area is 157 Å². The second-order valence-corrected chi connectivity index (χ2v) is 6.55. The molecule has 2 aromatic rings. The lowest BCUT2D eigenvalue weighted by Gasteiger charge is -2.26. The number of nitrogens with one attached hydrogen (secondary N) is 1. The Morgan fingerprint density at radius 3 is 2.73 bits per heavy atom. The van der Waals surface area contributed by atoms with E-state index in [0.29, 0.717) is 23.8 Å². The van der Waals surface area contributed by atoms with Crippen LogP contribution in [-0.4, -0.2) is 70.4 Å². The van der Waals surface area contributed by atoms with Crippen molar-refractivity contribution in [2.24, 2.45) is 0 Å². The van der Waals surface area contributed by atoms with E-state index in [4.69, 9.17) is 16.3 Å². The highest BCUT2D eigenvalue weighted by molar-refractivity contribution is 6.30. The number of hydrogen-bond donors (Lipinski definition) is 1. The molecule has 1 fully saturated rings. The molecular weight excluding hydrogens is 356 g/mol. The Kier molecular flexibility index (Phi) is 6.54. The normalized spacial score (nSPS) is 16.4. The van der Waals surface area contributed by atoms with Gasteiger partial charge >= 0.3 is 0 Å². The van der Waals surface area contributed by atoms with Gasteiger partial charge in [0.05, 0.1) is 13.2 Å². The van der Waals surface area contributed by atoms with Gasteiger partial charge in [0, 0.05) is 36.8 Å². The van der Waals surface area contributed by atoms with Crippen molar-refractivity contribution in [3.05, 3.63) is 29.3 Å². The molecule has 1 aliphatic rings. The molecule has 3 rings (SSSR count). The van der Waals surface area contributed by atoms with Gasteiger partial charge in [-0.25, -0.2) is 0 Å². The first kappa shape index (κ1) is 18.8. The molecule has 0 radical (unpaired) electrons. The Bertz CT molecular complexity index is 714. The lowest BCUT2D eigenvalue weighted by atomic mass is 10.2. The summed E-state index contributed by atoms with van der Waals surface area (Å²) in [6, 6.07) is 6.72. The quantitative estimate of drug-likeness (QED) is 0.783. The highest BCUT2D eigenvalue weighted by Crippen LogP contribution is 2.18. The molecule has 1 atom stereocenters. The van der Waals surface area contributed by atoms with Crippen molar-refractivity contribution in [3.63, 3.8) is 0 Å². The first-order valence-corrected chi connectivity index (χ1v) is 9.18. The summed E-state index contributed by atoms with van der Waals surface area (Å²) in [4.78, 5) is 16.2. The van der Waals surface area contributed by atoms with Crippen molar-refractivity contribution < 1.29 is 9.53 Å². The maximum atomic E-state index is 12.5. The fraction of sp³-hybridized carbons (Fsp3) is 0.529. The van der Waals surface area contributed by atoms with E-state index in [0.717, 1.165) is 38.4 Å². The van der Waals surface area contributed by atoms with Gasteiger partial charge in [0.15, 0.2) is 6.04 Å². The molecule has 1 aromatic carbocycles. The molecule has 140 valence electrons. The number of amides is 1. The molecule has 1 aromatic heterocycles. The van der Waals surface area contributed by atoms with Gasteiger partial charge in [-0.2, -0.15) is 4.80 Å². The minimum absolute atomic E-state index is 0.0965. The highest BCUT2D eigenvalue weighted by atomic mass is 35.5. The zero-order valence-corrected chi connectivity index (χ0v) is 15.5. The lowest BCUT2D eigenvalue weighted by molar-refractivity contribution is -0.125. The van der Waals surface area contributed by atoms with E-state index in [2.05, 4.69) is 25.6 Å². The van der Waals surface area contributed by atoms with Crippen molar-refractivity contribution in [2.45, 2.75) is 19.4 Å². The van der Waals surface area contributed by atoms with Crippen LogP contribution < -0.4 is 5.32 Å². The maximum absolute atomic E-state index is 12.5. The molecule has 0 saturated carbocycles. The molecule has 1 unspecified atom stereocenters. The van der Waals surface area contributed by atoms with Crippen LogP contribution in [-0.2, 0) is 9.53 Å². The summed E-state index contributed by atoms with van der Waals surface area (Å²) in [5, 5.41) is 16.1. The fourth-order valence-corrected chi connectivity index (χ4v) is 2.93. The summed E-state index contributed by atoms with van der Waals surface area (Å²) >= 11 is 5.90. The van der Waals surface area contributed by atoms with E-state index >= 15 is 0 Å². The second-order valence-electron chi connectivity index (χ2n) is 6.11. The number of hydrogen-bond acceptors (Lipinski definition) is 6. The van der Waals surface area contributed by atoms with Crippen molar-refractivity contribution in [1.29, 1.82) is 0 Å². The molecule has 26 heavy (non-hydrogen) atoms. The van der Waals surface area contributed by atoms with Crippen molar-refractivity contribution in [3.8, 4) is 11.4 Å². The number of carbonyl (C=O) groups excluding carboxylic acids is 1. The number of rotatable bonds is 7. The molecule has 0 aliphatic carbocycles. The summed E-state index contributed by atoms with van der Waals surface area (Å²) in [5.41, 5.74) is 0.809. The molecule has 1 aliphatic heterocycles. The number of nitrogens with zero attached hydrogens (tertiary/aromatic N) is 5. The standard InChI is InChI=1S/C17H23ClN6O2/c1-2-15(17(25)19-7-8-23-9-11-26-12-10-23)24-21-16(20-22-24)13-3-5-14(18)6-4-13/h3-6,15H,2,7-12H2,1H3,(H,19,25). The van der Waals surface area contributed by atoms with Gasteiger partial charge in [0.2, 0.25) is 11.7 Å². The monoisotopic (exact) mass is 378 g/mol. The minimum Gasteiger partial charge on any atom is -0.379 e. The largest absolute Gasteiger partial charge is 0.379 e. The molecule has 1 N–H and O–H groups in total. The van der Waals surface area contributed by atoms with Crippen LogP contribution in [0.3, 0.4) is 0 Å². The molecule has 0 bridgehead atoms. The van der Waals surface area contributed by atoms with E-state index in [1.165, 1.54) is 4.80 Å². The molecule has 1 saturated heterocycles. The predicted molar refractivity (Wildman–Crippen MR) is 97.9 cm³/mol. The zero-order chi connectivity index (χ0) is 18.4. The number of tetrazole rings is 1. The van der Waals surface area contributed by atoms with Crippen LogP contribution in [0.15, 0.2) is 24.3 Å². The molecule has 2 heterocycles. The molecule has 0 spiro atoms. The first-order valence-electron chi connectivity index (χ1n) is 8.80. The van der Waals surface area contributed by atoms with Crippen LogP contribution in [0.1, 0.15) is 19.4 Å². The number of ether oxygens (including phenoxy) is 1.